The maximum absolute atomic E-state index is 16.9. The topological polar surface area (TPSA) is 93.3 Å². The van der Waals surface area contributed by atoms with E-state index in [0.717, 1.165) is 81.4 Å². The number of nitrogens with one attached hydrogen (secondary N) is 2. The van der Waals surface area contributed by atoms with Gasteiger partial charge in [-0.2, -0.15) is 22.7 Å². The van der Waals surface area contributed by atoms with Gasteiger partial charge in [0.05, 0.1) is 16.7 Å². The van der Waals surface area contributed by atoms with E-state index in [4.69, 9.17) is 21.6 Å². The Labute approximate surface area is 266 Å². The number of carbonyl (C=O) groups is 1. The zero-order valence-corrected chi connectivity index (χ0v) is 26.8. The number of carbonyl (C=O) groups excluding carboxylic acids is 1. The van der Waals surface area contributed by atoms with Crippen molar-refractivity contribution in [2.24, 2.45) is 5.41 Å². The summed E-state index contributed by atoms with van der Waals surface area (Å²) in [6.07, 6.45) is 6.02. The van der Waals surface area contributed by atoms with Gasteiger partial charge in [0.25, 0.3) is 0 Å². The number of benzene rings is 2. The first-order chi connectivity index (χ1) is 21.2. The molecule has 12 heteroatoms. The molecule has 3 aliphatic rings. The monoisotopic (exact) mass is 636 g/mol. The van der Waals surface area contributed by atoms with Gasteiger partial charge in [0.2, 0.25) is 11.9 Å². The molecule has 1 spiro atoms. The van der Waals surface area contributed by atoms with Crippen LogP contribution in [0.4, 0.5) is 16.2 Å². The van der Waals surface area contributed by atoms with Crippen molar-refractivity contribution in [3.8, 4) is 11.1 Å². The highest BCUT2D eigenvalue weighted by molar-refractivity contribution is 7.80. The quantitative estimate of drug-likeness (QED) is 0.240. The number of aromatic nitrogens is 4. The molecule has 7 rings (SSSR count). The Hall–Kier alpha value is -3.15. The van der Waals surface area contributed by atoms with Gasteiger partial charge in [0, 0.05) is 66.0 Å². The van der Waals surface area contributed by atoms with Crippen molar-refractivity contribution < 1.29 is 9.18 Å². The summed E-state index contributed by atoms with van der Waals surface area (Å²) >= 11 is 11.2. The van der Waals surface area contributed by atoms with E-state index in [1.165, 1.54) is 0 Å². The van der Waals surface area contributed by atoms with Crippen LogP contribution in [0.5, 0.6) is 0 Å². The van der Waals surface area contributed by atoms with Crippen molar-refractivity contribution in [2.75, 3.05) is 62.3 Å². The molecule has 0 saturated carbocycles. The maximum Gasteiger partial charge on any atom is 0.225 e. The summed E-state index contributed by atoms with van der Waals surface area (Å²) in [6, 6.07) is 5.94. The van der Waals surface area contributed by atoms with E-state index in [0.29, 0.717) is 45.5 Å². The third-order valence-corrected chi connectivity index (χ3v) is 10.4. The Morgan fingerprint density at radius 1 is 1.14 bits per heavy atom. The number of hydrogen-bond donors (Lipinski definition) is 3. The van der Waals surface area contributed by atoms with Gasteiger partial charge in [-0.3, -0.25) is 9.89 Å². The number of likely N-dealkylation sites (tertiary alicyclic amines) is 2. The molecule has 0 atom stereocenters. The van der Waals surface area contributed by atoms with Crippen LogP contribution in [0.1, 0.15) is 37.7 Å². The molecule has 44 heavy (non-hydrogen) atoms. The van der Waals surface area contributed by atoms with Gasteiger partial charge in [-0.1, -0.05) is 17.7 Å². The fourth-order valence-electron chi connectivity index (χ4n) is 7.21. The van der Waals surface area contributed by atoms with Gasteiger partial charge in [0.15, 0.2) is 5.82 Å². The second-order valence-corrected chi connectivity index (χ2v) is 13.7. The Kier molecular flexibility index (Phi) is 7.83. The molecule has 0 radical (unpaired) electrons. The highest BCUT2D eigenvalue weighted by Gasteiger charge is 2.46. The summed E-state index contributed by atoms with van der Waals surface area (Å²) in [5.74, 6) is 1.45. The van der Waals surface area contributed by atoms with Crippen molar-refractivity contribution in [1.82, 2.24) is 30.0 Å². The lowest BCUT2D eigenvalue weighted by Crippen LogP contribution is -2.62. The molecule has 3 fully saturated rings. The van der Waals surface area contributed by atoms with Gasteiger partial charge in [-0.05, 0) is 76.2 Å². The summed E-state index contributed by atoms with van der Waals surface area (Å²) in [5, 5.41) is 12.5. The van der Waals surface area contributed by atoms with Crippen molar-refractivity contribution in [3.63, 3.8) is 0 Å². The number of halogens is 2. The molecule has 2 N–H and O–H groups in total. The predicted molar refractivity (Wildman–Crippen MR) is 177 cm³/mol. The van der Waals surface area contributed by atoms with Gasteiger partial charge < -0.3 is 20.0 Å². The first kappa shape index (κ1) is 29.6. The number of anilines is 2. The summed E-state index contributed by atoms with van der Waals surface area (Å²) in [6.45, 7) is 7.06. The largest absolute Gasteiger partial charge is 0.356 e. The Morgan fingerprint density at radius 2 is 1.89 bits per heavy atom. The number of fused-ring (bicyclic) bond motifs is 2. The number of aryl methyl sites for hydroxylation is 1. The van der Waals surface area contributed by atoms with E-state index in [1.54, 1.807) is 6.20 Å². The first-order valence-electron chi connectivity index (χ1n) is 15.5. The summed E-state index contributed by atoms with van der Waals surface area (Å²) in [5.41, 5.74) is 3.17. The molecule has 3 saturated heterocycles. The number of rotatable bonds is 6. The van der Waals surface area contributed by atoms with Crippen LogP contribution in [-0.2, 0) is 4.79 Å². The van der Waals surface area contributed by atoms with Gasteiger partial charge >= 0.3 is 0 Å². The number of amides is 1. The highest BCUT2D eigenvalue weighted by atomic mass is 35.5. The third-order valence-electron chi connectivity index (χ3n) is 9.85. The predicted octanol–water partition coefficient (Wildman–Crippen LogP) is 5.53. The van der Waals surface area contributed by atoms with Crippen LogP contribution in [0.15, 0.2) is 24.4 Å². The Bertz CT molecular complexity index is 1720. The minimum atomic E-state index is -0.454. The zero-order chi connectivity index (χ0) is 30.6. The number of H-pyrrole nitrogens is 1. The second kappa shape index (κ2) is 11.7. The zero-order valence-electron chi connectivity index (χ0n) is 25.2. The van der Waals surface area contributed by atoms with E-state index in [-0.39, 0.29) is 22.9 Å². The Balaban J connectivity index is 1.26. The molecule has 1 amide bonds. The van der Waals surface area contributed by atoms with Crippen molar-refractivity contribution in [1.29, 1.82) is 0 Å². The molecule has 0 aliphatic carbocycles. The summed E-state index contributed by atoms with van der Waals surface area (Å²) in [4.78, 5) is 28.7. The fraction of sp³-hybridized carbons (Fsp3) is 0.500. The fourth-order valence-corrected chi connectivity index (χ4v) is 7.69. The van der Waals surface area contributed by atoms with E-state index < -0.39 is 5.82 Å². The van der Waals surface area contributed by atoms with Crippen LogP contribution in [0, 0.1) is 18.2 Å². The number of hydrogen-bond acceptors (Lipinski definition) is 8. The SMILES string of the molecule is Cc1ccc2[nH]ncc2c1-c1c(Cl)cc2c(N3CCC4(CC3)CN(C(=O)CCS)C4)nc(NC3CCN(C)CC3)nc2c1F. The molecule has 0 unspecified atom stereocenters. The van der Waals surface area contributed by atoms with Crippen molar-refractivity contribution in [3.05, 3.63) is 40.8 Å². The molecular formula is C32H38ClFN8OS. The summed E-state index contributed by atoms with van der Waals surface area (Å²) in [7, 11) is 2.13. The average molecular weight is 637 g/mol. The van der Waals surface area contributed by atoms with Gasteiger partial charge in [-0.25, -0.2) is 9.37 Å². The molecule has 2 aromatic heterocycles. The van der Waals surface area contributed by atoms with Crippen molar-refractivity contribution >= 4 is 63.7 Å². The molecule has 232 valence electrons. The number of aromatic amines is 1. The van der Waals surface area contributed by atoms with Crippen LogP contribution in [0.2, 0.25) is 5.02 Å². The van der Waals surface area contributed by atoms with E-state index in [1.807, 2.05) is 30.0 Å². The lowest BCUT2D eigenvalue weighted by molar-refractivity contribution is -0.144. The minimum absolute atomic E-state index is 0.137. The van der Waals surface area contributed by atoms with E-state index in [9.17, 15) is 4.79 Å². The lowest BCUT2D eigenvalue weighted by Gasteiger charge is -2.54. The van der Waals surface area contributed by atoms with E-state index in [2.05, 4.69) is 45.0 Å². The van der Waals surface area contributed by atoms with Crippen molar-refractivity contribution in [2.45, 2.75) is 45.1 Å². The molecule has 0 bridgehead atoms. The Morgan fingerprint density at radius 3 is 2.61 bits per heavy atom. The van der Waals surface area contributed by atoms with Crippen LogP contribution >= 0.6 is 24.2 Å². The highest BCUT2D eigenvalue weighted by Crippen LogP contribution is 2.45. The van der Waals surface area contributed by atoms with Gasteiger partial charge in [-0.15, -0.1) is 0 Å². The van der Waals surface area contributed by atoms with Crippen LogP contribution in [0.25, 0.3) is 32.9 Å². The molecule has 3 aliphatic heterocycles. The molecule has 4 aromatic rings. The molecule has 2 aromatic carbocycles. The number of thiol groups is 1. The minimum Gasteiger partial charge on any atom is -0.356 e. The summed E-state index contributed by atoms with van der Waals surface area (Å²) < 4.78 is 16.9. The first-order valence-corrected chi connectivity index (χ1v) is 16.5. The van der Waals surface area contributed by atoms with Crippen LogP contribution in [-0.4, -0.2) is 94.0 Å². The smallest absolute Gasteiger partial charge is 0.225 e. The standard InChI is InChI=1S/C32H38ClFN8OS/c1-19-3-4-24-22(16-35-39-24)26(19)27-23(33)15-21-29(28(27)34)37-31(36-20-5-10-40(2)11-6-20)38-30(21)41-12-8-32(9-13-41)17-42(18-32)25(43)7-14-44/h3-4,15-16,20,44H,5-14,17-18H2,1-2H3,(H,35,39)(H,36,37,38). The van der Waals surface area contributed by atoms with Gasteiger partial charge in [0.1, 0.15) is 11.3 Å². The molecule has 9 nitrogen and oxygen atoms in total. The normalized spacial score (nSPS) is 19.2. The molecule has 5 heterocycles. The number of piperidine rings is 2. The average Bonchev–Trinajstić information content (AvgIpc) is 3.47. The second-order valence-electron chi connectivity index (χ2n) is 12.8. The lowest BCUT2D eigenvalue weighted by atomic mass is 9.72. The van der Waals surface area contributed by atoms with Crippen LogP contribution < -0.4 is 10.2 Å². The van der Waals surface area contributed by atoms with E-state index >= 15 is 4.39 Å². The maximum atomic E-state index is 16.9. The molecular weight excluding hydrogens is 599 g/mol. The third kappa shape index (κ3) is 5.26. The van der Waals surface area contributed by atoms with Crippen LogP contribution in [0.3, 0.4) is 0 Å². The number of nitrogens with zero attached hydrogens (tertiary/aromatic N) is 6.